The molecular weight excluding hydrogens is 380 g/mol. The molecule has 0 aliphatic carbocycles. The van der Waals surface area contributed by atoms with Gasteiger partial charge in [0.15, 0.2) is 0 Å². The Morgan fingerprint density at radius 2 is 1.84 bits per heavy atom. The lowest BCUT2D eigenvalue weighted by atomic mass is 10.2. The molecule has 1 amide bonds. The van der Waals surface area contributed by atoms with Crippen LogP contribution >= 0.6 is 23.4 Å². The zero-order valence-electron chi connectivity index (χ0n) is 14.1. The van der Waals surface area contributed by atoms with Gasteiger partial charge in [0.25, 0.3) is 0 Å². The summed E-state index contributed by atoms with van der Waals surface area (Å²) in [6, 6.07) is 11.7. The van der Waals surface area contributed by atoms with Crippen molar-refractivity contribution >= 4 is 45.0 Å². The van der Waals surface area contributed by atoms with Crippen molar-refractivity contribution in [3.8, 4) is 0 Å². The molecular formula is C17H19ClN2O3S2. The van der Waals surface area contributed by atoms with Gasteiger partial charge in [0, 0.05) is 22.7 Å². The quantitative estimate of drug-likeness (QED) is 0.754. The molecule has 0 unspecified atom stereocenters. The van der Waals surface area contributed by atoms with Crippen LogP contribution in [0.25, 0.3) is 0 Å². The minimum Gasteiger partial charge on any atom is -0.325 e. The number of anilines is 1. The van der Waals surface area contributed by atoms with Crippen LogP contribution in [0.15, 0.2) is 52.3 Å². The molecule has 8 heteroatoms. The molecule has 5 nitrogen and oxygen atoms in total. The van der Waals surface area contributed by atoms with Gasteiger partial charge in [-0.3, -0.25) is 4.79 Å². The maximum atomic E-state index is 12.5. The largest absolute Gasteiger partial charge is 0.325 e. The standard InChI is InChI=1S/C17H19ClN2O3S2/c1-12-4-5-13(10-16(12)18)19-17(21)11-20(2)25(22,23)15-8-6-14(24-3)7-9-15/h4-10H,11H2,1-3H3,(H,19,21). The van der Waals surface area contributed by atoms with Crippen molar-refractivity contribution < 1.29 is 13.2 Å². The van der Waals surface area contributed by atoms with Crippen molar-refractivity contribution in [1.82, 2.24) is 4.31 Å². The number of likely N-dealkylation sites (N-methyl/N-ethyl adjacent to an activating group) is 1. The fraction of sp³-hybridized carbons (Fsp3) is 0.235. The molecule has 0 aliphatic rings. The summed E-state index contributed by atoms with van der Waals surface area (Å²) in [5, 5.41) is 3.18. The summed E-state index contributed by atoms with van der Waals surface area (Å²) >= 11 is 7.55. The average molecular weight is 399 g/mol. The Kier molecular flexibility index (Phi) is 6.51. The van der Waals surface area contributed by atoms with Crippen LogP contribution in [-0.2, 0) is 14.8 Å². The molecule has 0 fully saturated rings. The molecule has 0 aliphatic heterocycles. The van der Waals surface area contributed by atoms with E-state index in [4.69, 9.17) is 11.6 Å². The van der Waals surface area contributed by atoms with Crippen molar-refractivity contribution in [1.29, 1.82) is 0 Å². The van der Waals surface area contributed by atoms with Crippen LogP contribution in [0.2, 0.25) is 5.02 Å². The lowest BCUT2D eigenvalue weighted by molar-refractivity contribution is -0.116. The second-order valence-electron chi connectivity index (χ2n) is 5.45. The van der Waals surface area contributed by atoms with Gasteiger partial charge in [-0.25, -0.2) is 8.42 Å². The SMILES string of the molecule is CSc1ccc(S(=O)(=O)N(C)CC(=O)Nc2ccc(C)c(Cl)c2)cc1. The number of aryl methyl sites for hydroxylation is 1. The Morgan fingerprint density at radius 1 is 1.20 bits per heavy atom. The molecule has 0 saturated heterocycles. The van der Waals surface area contributed by atoms with Crippen LogP contribution in [0.3, 0.4) is 0 Å². The van der Waals surface area contributed by atoms with Crippen LogP contribution in [0, 0.1) is 6.92 Å². The molecule has 1 N–H and O–H groups in total. The van der Waals surface area contributed by atoms with Gasteiger partial charge in [-0.2, -0.15) is 4.31 Å². The van der Waals surface area contributed by atoms with Crippen LogP contribution in [0.1, 0.15) is 5.56 Å². The number of rotatable bonds is 6. The normalized spacial score (nSPS) is 11.6. The zero-order chi connectivity index (χ0) is 18.6. The molecule has 25 heavy (non-hydrogen) atoms. The zero-order valence-corrected chi connectivity index (χ0v) is 16.5. The first-order valence-corrected chi connectivity index (χ1v) is 10.4. The summed E-state index contributed by atoms with van der Waals surface area (Å²) in [6.45, 7) is 1.56. The summed E-state index contributed by atoms with van der Waals surface area (Å²) in [4.78, 5) is 13.3. The summed E-state index contributed by atoms with van der Waals surface area (Å²) in [7, 11) is -2.35. The van der Waals surface area contributed by atoms with E-state index in [1.54, 1.807) is 30.3 Å². The molecule has 0 heterocycles. The first-order valence-electron chi connectivity index (χ1n) is 7.40. The third-order valence-electron chi connectivity index (χ3n) is 3.59. The summed E-state index contributed by atoms with van der Waals surface area (Å²) in [6.07, 6.45) is 1.91. The van der Waals surface area contributed by atoms with Crippen molar-refractivity contribution in [3.05, 3.63) is 53.1 Å². The van der Waals surface area contributed by atoms with E-state index in [1.807, 2.05) is 13.2 Å². The van der Waals surface area contributed by atoms with Crippen molar-refractivity contribution in [2.45, 2.75) is 16.7 Å². The molecule has 0 radical (unpaired) electrons. The summed E-state index contributed by atoms with van der Waals surface area (Å²) in [5.74, 6) is -0.438. The molecule has 2 aromatic carbocycles. The lowest BCUT2D eigenvalue weighted by Gasteiger charge is -2.17. The fourth-order valence-electron chi connectivity index (χ4n) is 2.09. The average Bonchev–Trinajstić information content (AvgIpc) is 2.58. The monoisotopic (exact) mass is 398 g/mol. The van der Waals surface area contributed by atoms with E-state index in [0.29, 0.717) is 10.7 Å². The van der Waals surface area contributed by atoms with Gasteiger partial charge in [-0.1, -0.05) is 17.7 Å². The number of benzene rings is 2. The van der Waals surface area contributed by atoms with E-state index in [1.165, 1.54) is 30.9 Å². The number of carbonyl (C=O) groups excluding carboxylic acids is 1. The maximum absolute atomic E-state index is 12.5. The number of halogens is 1. The molecule has 0 spiro atoms. The minimum atomic E-state index is -3.73. The second-order valence-corrected chi connectivity index (χ2v) is 8.78. The van der Waals surface area contributed by atoms with E-state index in [-0.39, 0.29) is 11.4 Å². The number of amides is 1. The Bertz CT molecular complexity index is 868. The predicted molar refractivity (Wildman–Crippen MR) is 103 cm³/mol. The number of thioether (sulfide) groups is 1. The third-order valence-corrected chi connectivity index (χ3v) is 6.56. The fourth-order valence-corrected chi connectivity index (χ4v) is 3.80. The highest BCUT2D eigenvalue weighted by Gasteiger charge is 2.23. The van der Waals surface area contributed by atoms with Gasteiger partial charge < -0.3 is 5.32 Å². The molecule has 0 aromatic heterocycles. The van der Waals surface area contributed by atoms with Gasteiger partial charge in [0.2, 0.25) is 15.9 Å². The molecule has 2 rings (SSSR count). The van der Waals surface area contributed by atoms with E-state index >= 15 is 0 Å². The summed E-state index contributed by atoms with van der Waals surface area (Å²) in [5.41, 5.74) is 1.42. The predicted octanol–water partition coefficient (Wildman–Crippen LogP) is 3.63. The Labute approximate surface area is 157 Å². The highest BCUT2D eigenvalue weighted by Crippen LogP contribution is 2.21. The third kappa shape index (κ3) is 4.98. The molecule has 0 bridgehead atoms. The van der Waals surface area contributed by atoms with Crippen LogP contribution in [-0.4, -0.2) is 38.5 Å². The first kappa shape index (κ1) is 19.8. The van der Waals surface area contributed by atoms with Crippen molar-refractivity contribution in [2.24, 2.45) is 0 Å². The highest BCUT2D eigenvalue weighted by molar-refractivity contribution is 7.98. The van der Waals surface area contributed by atoms with Crippen LogP contribution in [0.5, 0.6) is 0 Å². The molecule has 134 valence electrons. The Hall–Kier alpha value is -1.54. The van der Waals surface area contributed by atoms with E-state index in [0.717, 1.165) is 14.8 Å². The molecule has 0 atom stereocenters. The van der Waals surface area contributed by atoms with Gasteiger partial charge in [-0.05, 0) is 55.1 Å². The Balaban J connectivity index is 2.07. The summed E-state index contributed by atoms with van der Waals surface area (Å²) < 4.78 is 26.1. The number of nitrogens with one attached hydrogen (secondary N) is 1. The highest BCUT2D eigenvalue weighted by atomic mass is 35.5. The van der Waals surface area contributed by atoms with Gasteiger partial charge >= 0.3 is 0 Å². The van der Waals surface area contributed by atoms with Crippen molar-refractivity contribution in [3.63, 3.8) is 0 Å². The second kappa shape index (κ2) is 8.23. The number of carbonyl (C=O) groups is 1. The van der Waals surface area contributed by atoms with E-state index in [2.05, 4.69) is 5.32 Å². The number of nitrogens with zero attached hydrogens (tertiary/aromatic N) is 1. The smallest absolute Gasteiger partial charge is 0.243 e. The molecule has 0 saturated carbocycles. The topological polar surface area (TPSA) is 66.5 Å². The number of hydrogen-bond donors (Lipinski definition) is 1. The van der Waals surface area contributed by atoms with Crippen LogP contribution < -0.4 is 5.32 Å². The number of sulfonamides is 1. The van der Waals surface area contributed by atoms with Gasteiger partial charge in [0.1, 0.15) is 0 Å². The molecule has 2 aromatic rings. The van der Waals surface area contributed by atoms with Crippen LogP contribution in [0.4, 0.5) is 5.69 Å². The van der Waals surface area contributed by atoms with E-state index < -0.39 is 15.9 Å². The minimum absolute atomic E-state index is 0.152. The maximum Gasteiger partial charge on any atom is 0.243 e. The Morgan fingerprint density at radius 3 is 2.40 bits per heavy atom. The van der Waals surface area contributed by atoms with Crippen molar-refractivity contribution in [2.75, 3.05) is 25.2 Å². The van der Waals surface area contributed by atoms with Gasteiger partial charge in [-0.15, -0.1) is 11.8 Å². The number of hydrogen-bond acceptors (Lipinski definition) is 4. The first-order chi connectivity index (χ1) is 11.7. The van der Waals surface area contributed by atoms with Gasteiger partial charge in [0.05, 0.1) is 11.4 Å². The lowest BCUT2D eigenvalue weighted by Crippen LogP contribution is -2.34. The van der Waals surface area contributed by atoms with E-state index in [9.17, 15) is 13.2 Å².